The van der Waals surface area contributed by atoms with Gasteiger partial charge in [0, 0.05) is 19.3 Å². The third kappa shape index (κ3) is 3.95. The predicted molar refractivity (Wildman–Crippen MR) is 89.0 cm³/mol. The molecule has 0 aromatic rings. The molecule has 4 heteroatoms. The van der Waals surface area contributed by atoms with Crippen LogP contribution >= 0.6 is 11.8 Å². The number of thioether (sulfide) groups is 1. The van der Waals surface area contributed by atoms with E-state index in [0.717, 1.165) is 25.7 Å². The van der Waals surface area contributed by atoms with E-state index in [4.69, 9.17) is 9.47 Å². The van der Waals surface area contributed by atoms with Crippen LogP contribution in [-0.4, -0.2) is 49.0 Å². The molecule has 122 valence electrons. The lowest BCUT2D eigenvalue weighted by atomic mass is 9.77. The van der Waals surface area contributed by atoms with Gasteiger partial charge in [0.05, 0.1) is 11.7 Å². The molecule has 0 bridgehead atoms. The van der Waals surface area contributed by atoms with Crippen molar-refractivity contribution in [2.75, 3.05) is 31.3 Å². The first kappa shape index (κ1) is 16.1. The van der Waals surface area contributed by atoms with E-state index in [1.165, 1.54) is 56.5 Å². The van der Waals surface area contributed by atoms with Crippen molar-refractivity contribution in [1.82, 2.24) is 5.32 Å². The fraction of sp³-hybridized carbons (Fsp3) is 1.00. The van der Waals surface area contributed by atoms with Crippen LogP contribution in [0.25, 0.3) is 0 Å². The molecule has 3 aliphatic rings. The zero-order valence-corrected chi connectivity index (χ0v) is 14.3. The topological polar surface area (TPSA) is 30.5 Å². The normalized spacial score (nSPS) is 34.1. The molecule has 21 heavy (non-hydrogen) atoms. The van der Waals surface area contributed by atoms with E-state index in [0.29, 0.717) is 12.1 Å². The molecule has 0 aromatic carbocycles. The van der Waals surface area contributed by atoms with E-state index in [1.807, 2.05) is 0 Å². The highest BCUT2D eigenvalue weighted by molar-refractivity contribution is 7.99. The highest BCUT2D eigenvalue weighted by atomic mass is 32.2. The second-order valence-electron chi connectivity index (χ2n) is 6.93. The second-order valence-corrected chi connectivity index (χ2v) is 8.15. The fourth-order valence-electron chi connectivity index (χ4n) is 4.26. The molecule has 0 aromatic heterocycles. The molecule has 0 aliphatic carbocycles. The highest BCUT2D eigenvalue weighted by Gasteiger charge is 2.43. The van der Waals surface area contributed by atoms with Gasteiger partial charge < -0.3 is 14.8 Å². The molecule has 1 spiro atoms. The van der Waals surface area contributed by atoms with Crippen LogP contribution in [0, 0.1) is 5.92 Å². The largest absolute Gasteiger partial charge is 0.377 e. The maximum Gasteiger partial charge on any atom is 0.0731 e. The Morgan fingerprint density at radius 3 is 2.81 bits per heavy atom. The van der Waals surface area contributed by atoms with Gasteiger partial charge in [-0.15, -0.1) is 0 Å². The smallest absolute Gasteiger partial charge is 0.0731 e. The van der Waals surface area contributed by atoms with Gasteiger partial charge in [-0.05, 0) is 68.9 Å². The Morgan fingerprint density at radius 1 is 1.24 bits per heavy atom. The molecule has 0 radical (unpaired) electrons. The molecule has 0 saturated carbocycles. The number of hydrogen-bond donors (Lipinski definition) is 1. The van der Waals surface area contributed by atoms with E-state index in [1.54, 1.807) is 0 Å². The number of hydrogen-bond acceptors (Lipinski definition) is 4. The minimum Gasteiger partial charge on any atom is -0.377 e. The van der Waals surface area contributed by atoms with E-state index >= 15 is 0 Å². The van der Waals surface area contributed by atoms with Crippen molar-refractivity contribution in [1.29, 1.82) is 0 Å². The SMILES string of the molecule is CCCNC(C1CCOC2(CCSCC2)C1)C1CCCO1. The zero-order chi connectivity index (χ0) is 14.5. The van der Waals surface area contributed by atoms with E-state index in [9.17, 15) is 0 Å². The Morgan fingerprint density at radius 2 is 2.10 bits per heavy atom. The van der Waals surface area contributed by atoms with Gasteiger partial charge in [-0.2, -0.15) is 11.8 Å². The molecule has 3 fully saturated rings. The Kier molecular flexibility index (Phi) is 5.88. The Labute approximate surface area is 133 Å². The molecule has 3 rings (SSSR count). The van der Waals surface area contributed by atoms with Crippen LogP contribution in [0.5, 0.6) is 0 Å². The lowest BCUT2D eigenvalue weighted by molar-refractivity contribution is -0.114. The van der Waals surface area contributed by atoms with Crippen molar-refractivity contribution in [3.63, 3.8) is 0 Å². The Bertz CT molecular complexity index is 308. The maximum atomic E-state index is 6.27. The summed E-state index contributed by atoms with van der Waals surface area (Å²) in [6.07, 6.45) is 9.07. The van der Waals surface area contributed by atoms with E-state index in [2.05, 4.69) is 24.0 Å². The highest BCUT2D eigenvalue weighted by Crippen LogP contribution is 2.41. The molecular weight excluding hydrogens is 282 g/mol. The minimum absolute atomic E-state index is 0.193. The fourth-order valence-corrected chi connectivity index (χ4v) is 5.50. The first-order chi connectivity index (χ1) is 10.3. The first-order valence-electron chi connectivity index (χ1n) is 8.90. The van der Waals surface area contributed by atoms with Crippen molar-refractivity contribution >= 4 is 11.8 Å². The summed E-state index contributed by atoms with van der Waals surface area (Å²) in [5.74, 6) is 3.29. The van der Waals surface area contributed by atoms with Gasteiger partial charge >= 0.3 is 0 Å². The van der Waals surface area contributed by atoms with Crippen molar-refractivity contribution in [2.45, 2.75) is 69.6 Å². The molecule has 3 nitrogen and oxygen atoms in total. The van der Waals surface area contributed by atoms with Crippen LogP contribution in [0.3, 0.4) is 0 Å². The number of nitrogens with one attached hydrogen (secondary N) is 1. The van der Waals surface area contributed by atoms with Crippen LogP contribution in [0.2, 0.25) is 0 Å². The van der Waals surface area contributed by atoms with Gasteiger partial charge in [-0.3, -0.25) is 0 Å². The van der Waals surface area contributed by atoms with Crippen LogP contribution in [0.4, 0.5) is 0 Å². The third-order valence-electron chi connectivity index (χ3n) is 5.44. The summed E-state index contributed by atoms with van der Waals surface area (Å²) >= 11 is 2.09. The van der Waals surface area contributed by atoms with Gasteiger partial charge in [0.2, 0.25) is 0 Å². The summed E-state index contributed by atoms with van der Waals surface area (Å²) in [6, 6.07) is 0.544. The summed E-state index contributed by atoms with van der Waals surface area (Å²) in [4.78, 5) is 0. The van der Waals surface area contributed by atoms with Crippen molar-refractivity contribution in [3.8, 4) is 0 Å². The number of rotatable bonds is 5. The summed E-state index contributed by atoms with van der Waals surface area (Å²) in [6.45, 7) is 5.28. The van der Waals surface area contributed by atoms with Crippen molar-refractivity contribution < 1.29 is 9.47 Å². The van der Waals surface area contributed by atoms with Crippen molar-refractivity contribution in [2.24, 2.45) is 5.92 Å². The standard InChI is InChI=1S/C17H31NO2S/c1-2-8-18-16(15-4-3-9-19-15)14-5-10-20-17(13-14)6-11-21-12-7-17/h14-16,18H,2-13H2,1H3. The van der Waals surface area contributed by atoms with Gasteiger partial charge in [0.1, 0.15) is 0 Å². The summed E-state index contributed by atoms with van der Waals surface area (Å²) < 4.78 is 12.3. The third-order valence-corrected chi connectivity index (χ3v) is 6.42. The summed E-state index contributed by atoms with van der Waals surface area (Å²) in [7, 11) is 0. The van der Waals surface area contributed by atoms with E-state index in [-0.39, 0.29) is 5.60 Å². The van der Waals surface area contributed by atoms with Crippen molar-refractivity contribution in [3.05, 3.63) is 0 Å². The Balaban J connectivity index is 1.65. The van der Waals surface area contributed by atoms with Gasteiger partial charge in [-0.25, -0.2) is 0 Å². The van der Waals surface area contributed by atoms with Crippen LogP contribution in [0.15, 0.2) is 0 Å². The monoisotopic (exact) mass is 313 g/mol. The average Bonchev–Trinajstić information content (AvgIpc) is 3.03. The molecule has 3 heterocycles. The van der Waals surface area contributed by atoms with Crippen LogP contribution in [-0.2, 0) is 9.47 Å². The molecule has 1 N–H and O–H groups in total. The molecule has 3 saturated heterocycles. The summed E-state index contributed by atoms with van der Waals surface area (Å²) in [5.41, 5.74) is 0.193. The molecular formula is C17H31NO2S. The van der Waals surface area contributed by atoms with Crippen LogP contribution < -0.4 is 5.32 Å². The Hall–Kier alpha value is 0.230. The lowest BCUT2D eigenvalue weighted by Crippen LogP contribution is -2.52. The molecule has 3 aliphatic heterocycles. The van der Waals surface area contributed by atoms with Crippen LogP contribution in [0.1, 0.15) is 51.9 Å². The van der Waals surface area contributed by atoms with Gasteiger partial charge in [-0.1, -0.05) is 6.92 Å². The van der Waals surface area contributed by atoms with Gasteiger partial charge in [0.15, 0.2) is 0 Å². The number of ether oxygens (including phenoxy) is 2. The maximum absolute atomic E-state index is 6.27. The second kappa shape index (κ2) is 7.67. The first-order valence-corrected chi connectivity index (χ1v) is 10.1. The molecule has 0 amide bonds. The molecule has 3 atom stereocenters. The minimum atomic E-state index is 0.193. The van der Waals surface area contributed by atoms with Gasteiger partial charge in [0.25, 0.3) is 0 Å². The zero-order valence-electron chi connectivity index (χ0n) is 13.4. The quantitative estimate of drug-likeness (QED) is 0.844. The molecule has 3 unspecified atom stereocenters. The lowest BCUT2D eigenvalue weighted by Gasteiger charge is -2.46. The summed E-state index contributed by atoms with van der Waals surface area (Å²) in [5, 5.41) is 3.82. The average molecular weight is 314 g/mol. The van der Waals surface area contributed by atoms with E-state index < -0.39 is 0 Å². The predicted octanol–water partition coefficient (Wildman–Crippen LogP) is 3.23.